The van der Waals surface area contributed by atoms with Crippen molar-refractivity contribution < 1.29 is 4.92 Å². The van der Waals surface area contributed by atoms with E-state index < -0.39 is 4.92 Å². The van der Waals surface area contributed by atoms with Crippen LogP contribution in [0.15, 0.2) is 46.9 Å². The van der Waals surface area contributed by atoms with Crippen molar-refractivity contribution in [3.63, 3.8) is 0 Å². The van der Waals surface area contributed by atoms with E-state index in [0.717, 1.165) is 10.2 Å². The monoisotopic (exact) mass is 307 g/mol. The molecule has 3 N–H and O–H groups in total. The first-order valence-electron chi connectivity index (χ1n) is 5.13. The Hall–Kier alpha value is -2.08. The quantitative estimate of drug-likeness (QED) is 0.515. The Balaban J connectivity index is 2.40. The average molecular weight is 308 g/mol. The van der Waals surface area contributed by atoms with Gasteiger partial charge in [-0.15, -0.1) is 0 Å². The second-order valence-corrected chi connectivity index (χ2v) is 4.55. The van der Waals surface area contributed by atoms with E-state index >= 15 is 0 Å². The van der Waals surface area contributed by atoms with Gasteiger partial charge in [-0.25, -0.2) is 0 Å². The molecule has 0 heterocycles. The van der Waals surface area contributed by atoms with Crippen LogP contribution in [0.4, 0.5) is 22.7 Å². The fourth-order valence-corrected chi connectivity index (χ4v) is 1.99. The van der Waals surface area contributed by atoms with E-state index in [9.17, 15) is 10.1 Å². The predicted octanol–water partition coefficient (Wildman–Crippen LogP) is 3.68. The van der Waals surface area contributed by atoms with Crippen LogP contribution in [-0.2, 0) is 0 Å². The van der Waals surface area contributed by atoms with Crippen LogP contribution in [0.2, 0.25) is 0 Å². The molecule has 18 heavy (non-hydrogen) atoms. The Kier molecular flexibility index (Phi) is 3.47. The van der Waals surface area contributed by atoms with E-state index in [4.69, 9.17) is 5.73 Å². The van der Waals surface area contributed by atoms with E-state index in [-0.39, 0.29) is 11.4 Å². The van der Waals surface area contributed by atoms with Gasteiger partial charge in [0.15, 0.2) is 0 Å². The highest BCUT2D eigenvalue weighted by atomic mass is 79.9. The number of anilines is 3. The summed E-state index contributed by atoms with van der Waals surface area (Å²) in [5.41, 5.74) is 6.76. The third-order valence-electron chi connectivity index (χ3n) is 2.35. The lowest BCUT2D eigenvalue weighted by Crippen LogP contribution is -2.00. The molecule has 0 saturated heterocycles. The maximum Gasteiger partial charge on any atom is 0.315 e. The molecule has 0 bridgehead atoms. The molecule has 0 aliphatic heterocycles. The average Bonchev–Trinajstić information content (AvgIpc) is 2.28. The van der Waals surface area contributed by atoms with Crippen molar-refractivity contribution >= 4 is 38.7 Å². The molecule has 5 nitrogen and oxygen atoms in total. The van der Waals surface area contributed by atoms with Gasteiger partial charge >= 0.3 is 5.69 Å². The molecule has 0 atom stereocenters. The third-order valence-corrected chi connectivity index (χ3v) is 2.85. The summed E-state index contributed by atoms with van der Waals surface area (Å²) in [6.45, 7) is 0. The van der Waals surface area contributed by atoms with E-state index in [1.54, 1.807) is 12.1 Å². The zero-order valence-corrected chi connectivity index (χ0v) is 10.8. The van der Waals surface area contributed by atoms with Gasteiger partial charge in [-0.1, -0.05) is 28.1 Å². The lowest BCUT2D eigenvalue weighted by Gasteiger charge is -2.08. The minimum Gasteiger partial charge on any atom is -0.393 e. The summed E-state index contributed by atoms with van der Waals surface area (Å²) < 4.78 is 0.888. The maximum atomic E-state index is 11.0. The maximum absolute atomic E-state index is 11.0. The number of hydrogen-bond donors (Lipinski definition) is 2. The lowest BCUT2D eigenvalue weighted by atomic mass is 10.2. The molecule has 0 saturated carbocycles. The van der Waals surface area contributed by atoms with Gasteiger partial charge in [0.1, 0.15) is 11.4 Å². The van der Waals surface area contributed by atoms with Gasteiger partial charge in [0, 0.05) is 10.2 Å². The van der Waals surface area contributed by atoms with Gasteiger partial charge in [0.05, 0.1) is 4.92 Å². The molecule has 0 unspecified atom stereocenters. The zero-order chi connectivity index (χ0) is 13.1. The van der Waals surface area contributed by atoms with E-state index in [0.29, 0.717) is 5.69 Å². The van der Waals surface area contributed by atoms with E-state index in [2.05, 4.69) is 21.2 Å². The van der Waals surface area contributed by atoms with Crippen molar-refractivity contribution in [3.8, 4) is 0 Å². The predicted molar refractivity (Wildman–Crippen MR) is 74.9 cm³/mol. The van der Waals surface area contributed by atoms with Crippen molar-refractivity contribution in [1.29, 1.82) is 0 Å². The number of rotatable bonds is 3. The molecule has 0 fully saturated rings. The molecule has 2 aromatic rings. The van der Waals surface area contributed by atoms with Gasteiger partial charge in [-0.05, 0) is 30.3 Å². The number of para-hydroxylation sites is 1. The topological polar surface area (TPSA) is 81.2 Å². The van der Waals surface area contributed by atoms with Crippen molar-refractivity contribution in [2.24, 2.45) is 0 Å². The SMILES string of the molecule is Nc1cccc(Nc2cccc(Br)c2)c1[N+](=O)[O-]. The van der Waals surface area contributed by atoms with Crippen LogP contribution in [0.3, 0.4) is 0 Å². The number of nitro groups is 1. The molecular formula is C12H10BrN3O2. The number of nitrogen functional groups attached to an aromatic ring is 1. The molecule has 2 aromatic carbocycles. The van der Waals surface area contributed by atoms with Crippen LogP contribution in [0.1, 0.15) is 0 Å². The Labute approximate surface area is 112 Å². The van der Waals surface area contributed by atoms with E-state index in [1.165, 1.54) is 6.07 Å². The second kappa shape index (κ2) is 5.05. The fraction of sp³-hybridized carbons (Fsp3) is 0. The smallest absolute Gasteiger partial charge is 0.315 e. The third kappa shape index (κ3) is 2.60. The molecule has 0 aromatic heterocycles. The van der Waals surface area contributed by atoms with Gasteiger partial charge in [-0.2, -0.15) is 0 Å². The first-order chi connectivity index (χ1) is 8.58. The number of nitrogens with two attached hydrogens (primary N) is 1. The van der Waals surface area contributed by atoms with Crippen molar-refractivity contribution in [3.05, 3.63) is 57.1 Å². The Morgan fingerprint density at radius 2 is 1.94 bits per heavy atom. The van der Waals surface area contributed by atoms with Gasteiger partial charge in [-0.3, -0.25) is 10.1 Å². The number of halogens is 1. The van der Waals surface area contributed by atoms with Crippen molar-refractivity contribution in [2.45, 2.75) is 0 Å². The molecule has 0 amide bonds. The molecule has 2 rings (SSSR count). The summed E-state index contributed by atoms with van der Waals surface area (Å²) in [5.74, 6) is 0. The van der Waals surface area contributed by atoms with Crippen molar-refractivity contribution in [2.75, 3.05) is 11.1 Å². The van der Waals surface area contributed by atoms with Crippen LogP contribution in [0.5, 0.6) is 0 Å². The number of benzene rings is 2. The largest absolute Gasteiger partial charge is 0.393 e. The highest BCUT2D eigenvalue weighted by Crippen LogP contribution is 2.33. The zero-order valence-electron chi connectivity index (χ0n) is 9.26. The van der Waals surface area contributed by atoms with Crippen LogP contribution >= 0.6 is 15.9 Å². The number of hydrogen-bond acceptors (Lipinski definition) is 4. The second-order valence-electron chi connectivity index (χ2n) is 3.64. The Morgan fingerprint density at radius 3 is 2.61 bits per heavy atom. The van der Waals surface area contributed by atoms with Crippen LogP contribution in [0.25, 0.3) is 0 Å². The molecule has 92 valence electrons. The summed E-state index contributed by atoms with van der Waals surface area (Å²) >= 11 is 3.34. The summed E-state index contributed by atoms with van der Waals surface area (Å²) in [5, 5.41) is 14.0. The lowest BCUT2D eigenvalue weighted by molar-refractivity contribution is -0.383. The highest BCUT2D eigenvalue weighted by molar-refractivity contribution is 9.10. The number of nitrogens with one attached hydrogen (secondary N) is 1. The number of nitrogens with zero attached hydrogens (tertiary/aromatic N) is 1. The molecule has 0 radical (unpaired) electrons. The molecule has 0 aliphatic carbocycles. The molecule has 0 spiro atoms. The summed E-state index contributed by atoms with van der Waals surface area (Å²) in [6.07, 6.45) is 0. The van der Waals surface area contributed by atoms with Gasteiger partial charge < -0.3 is 11.1 Å². The van der Waals surface area contributed by atoms with Gasteiger partial charge in [0.2, 0.25) is 0 Å². The number of nitro benzene ring substituents is 1. The van der Waals surface area contributed by atoms with Crippen LogP contribution in [-0.4, -0.2) is 4.92 Å². The summed E-state index contributed by atoms with van der Waals surface area (Å²) in [7, 11) is 0. The minimum absolute atomic E-state index is 0.113. The van der Waals surface area contributed by atoms with Crippen molar-refractivity contribution in [1.82, 2.24) is 0 Å². The standard InChI is InChI=1S/C12H10BrN3O2/c13-8-3-1-4-9(7-8)15-11-6-2-5-10(14)12(11)16(17)18/h1-7,15H,14H2. The Bertz CT molecular complexity index is 602. The first kappa shape index (κ1) is 12.4. The Morgan fingerprint density at radius 1 is 1.22 bits per heavy atom. The summed E-state index contributed by atoms with van der Waals surface area (Å²) in [4.78, 5) is 10.5. The van der Waals surface area contributed by atoms with Crippen LogP contribution < -0.4 is 11.1 Å². The normalized spacial score (nSPS) is 10.1. The van der Waals surface area contributed by atoms with E-state index in [1.807, 2.05) is 24.3 Å². The molecule has 6 heteroatoms. The van der Waals surface area contributed by atoms with Gasteiger partial charge in [0.25, 0.3) is 0 Å². The molecular weight excluding hydrogens is 298 g/mol. The van der Waals surface area contributed by atoms with Crippen LogP contribution in [0, 0.1) is 10.1 Å². The summed E-state index contributed by atoms with van der Waals surface area (Å²) in [6, 6.07) is 12.1. The molecule has 0 aliphatic rings. The highest BCUT2D eigenvalue weighted by Gasteiger charge is 2.17. The minimum atomic E-state index is -0.490. The fourth-order valence-electron chi connectivity index (χ4n) is 1.59. The first-order valence-corrected chi connectivity index (χ1v) is 5.92.